The summed E-state index contributed by atoms with van der Waals surface area (Å²) in [6.45, 7) is 7.40. The zero-order chi connectivity index (χ0) is 18.6. The van der Waals surface area contributed by atoms with Gasteiger partial charge in [-0.2, -0.15) is 0 Å². The van der Waals surface area contributed by atoms with Crippen LogP contribution in [0.3, 0.4) is 0 Å². The van der Waals surface area contributed by atoms with E-state index in [4.69, 9.17) is 0 Å². The second-order valence-corrected chi connectivity index (χ2v) is 7.75. The molecule has 3 heterocycles. The summed E-state index contributed by atoms with van der Waals surface area (Å²) >= 11 is 0. The van der Waals surface area contributed by atoms with Gasteiger partial charge in [0.15, 0.2) is 0 Å². The first-order chi connectivity index (χ1) is 13.2. The minimum absolute atomic E-state index is 0.0346. The molecule has 0 unspecified atom stereocenters. The number of hydrogen-bond donors (Lipinski definition) is 2. The van der Waals surface area contributed by atoms with E-state index in [-0.39, 0.29) is 18.0 Å². The maximum absolute atomic E-state index is 12.5. The molecule has 0 spiro atoms. The molecule has 27 heavy (non-hydrogen) atoms. The first-order valence-electron chi connectivity index (χ1n) is 10.0. The molecule has 0 radical (unpaired) electrons. The number of nitrogens with one attached hydrogen (secondary N) is 2. The quantitative estimate of drug-likeness (QED) is 0.814. The van der Waals surface area contributed by atoms with Crippen molar-refractivity contribution in [2.45, 2.75) is 32.0 Å². The average molecular weight is 371 g/mol. The lowest BCUT2D eigenvalue weighted by Gasteiger charge is -2.42. The van der Waals surface area contributed by atoms with Crippen LogP contribution in [0, 0.1) is 0 Å². The molecule has 1 atom stereocenters. The molecule has 7 heteroatoms. The summed E-state index contributed by atoms with van der Waals surface area (Å²) < 4.78 is 0. The van der Waals surface area contributed by atoms with Crippen LogP contribution in [-0.2, 0) is 17.9 Å². The Labute approximate surface area is 160 Å². The topological polar surface area (TPSA) is 67.9 Å². The number of piperazine rings is 2. The minimum atomic E-state index is -0.205. The fourth-order valence-electron chi connectivity index (χ4n) is 4.21. The average Bonchev–Trinajstić information content (AvgIpc) is 3.20. The zero-order valence-electron chi connectivity index (χ0n) is 15.8. The van der Waals surface area contributed by atoms with E-state index in [1.165, 1.54) is 31.5 Å². The first-order valence-corrected chi connectivity index (χ1v) is 10.0. The first kappa shape index (κ1) is 18.3. The van der Waals surface area contributed by atoms with E-state index in [0.29, 0.717) is 26.2 Å². The van der Waals surface area contributed by atoms with Crippen molar-refractivity contribution in [2.24, 2.45) is 0 Å². The highest BCUT2D eigenvalue weighted by Crippen LogP contribution is 2.14. The standard InChI is InChI=1S/C20H29N5O2/c26-19-18-15-25(12-11-24(18)10-7-21-19)20(27)22-13-16-3-5-17(6-4-16)14-23-8-1-2-9-23/h3-6,18H,1-2,7-15H2,(H,21,26)(H,22,27)/t18-/m0/s1. The molecular formula is C20H29N5O2. The van der Waals surface area contributed by atoms with Crippen molar-refractivity contribution < 1.29 is 9.59 Å². The summed E-state index contributed by atoms with van der Waals surface area (Å²) in [7, 11) is 0. The number of nitrogens with zero attached hydrogens (tertiary/aromatic N) is 3. The van der Waals surface area contributed by atoms with Crippen LogP contribution in [0.2, 0.25) is 0 Å². The summed E-state index contributed by atoms with van der Waals surface area (Å²) in [5.41, 5.74) is 2.42. The highest BCUT2D eigenvalue weighted by Gasteiger charge is 2.36. The third-order valence-corrected chi connectivity index (χ3v) is 5.85. The van der Waals surface area contributed by atoms with Crippen molar-refractivity contribution in [2.75, 3.05) is 45.8 Å². The van der Waals surface area contributed by atoms with E-state index in [1.54, 1.807) is 4.90 Å². The number of urea groups is 1. The molecule has 7 nitrogen and oxygen atoms in total. The Morgan fingerprint density at radius 3 is 2.56 bits per heavy atom. The van der Waals surface area contributed by atoms with Crippen LogP contribution in [0.1, 0.15) is 24.0 Å². The Morgan fingerprint density at radius 1 is 1.04 bits per heavy atom. The van der Waals surface area contributed by atoms with Crippen LogP contribution in [0.5, 0.6) is 0 Å². The van der Waals surface area contributed by atoms with Crippen molar-refractivity contribution in [3.8, 4) is 0 Å². The lowest BCUT2D eigenvalue weighted by Crippen LogP contribution is -2.65. The molecule has 1 aromatic carbocycles. The fourth-order valence-corrected chi connectivity index (χ4v) is 4.21. The molecule has 2 N–H and O–H groups in total. The molecule has 4 rings (SSSR count). The number of rotatable bonds is 4. The van der Waals surface area contributed by atoms with Crippen molar-refractivity contribution in [1.82, 2.24) is 25.3 Å². The van der Waals surface area contributed by atoms with E-state index in [9.17, 15) is 9.59 Å². The largest absolute Gasteiger partial charge is 0.353 e. The maximum Gasteiger partial charge on any atom is 0.317 e. The van der Waals surface area contributed by atoms with Gasteiger partial charge in [-0.3, -0.25) is 14.6 Å². The normalized spacial score (nSPS) is 23.8. The van der Waals surface area contributed by atoms with E-state index in [1.807, 2.05) is 0 Å². The third kappa shape index (κ3) is 4.42. The molecule has 146 valence electrons. The van der Waals surface area contributed by atoms with Gasteiger partial charge in [-0.25, -0.2) is 4.79 Å². The van der Waals surface area contributed by atoms with E-state index in [0.717, 1.165) is 25.2 Å². The van der Waals surface area contributed by atoms with E-state index < -0.39 is 0 Å². The number of hydrogen-bond acceptors (Lipinski definition) is 4. The smallest absolute Gasteiger partial charge is 0.317 e. The Bertz CT molecular complexity index is 671. The van der Waals surface area contributed by atoms with Gasteiger partial charge in [0, 0.05) is 45.8 Å². The SMILES string of the molecule is O=C1NCCN2CCN(C(=O)NCc3ccc(CN4CCCC4)cc3)C[C@@H]12. The van der Waals surface area contributed by atoms with Crippen LogP contribution >= 0.6 is 0 Å². The molecule has 1 aromatic rings. The number of fused-ring (bicyclic) bond motifs is 1. The van der Waals surface area contributed by atoms with Crippen LogP contribution in [0.25, 0.3) is 0 Å². The summed E-state index contributed by atoms with van der Waals surface area (Å²) in [5, 5.41) is 5.88. The zero-order valence-corrected chi connectivity index (χ0v) is 15.8. The van der Waals surface area contributed by atoms with E-state index in [2.05, 4.69) is 44.7 Å². The van der Waals surface area contributed by atoms with Gasteiger partial charge in [0.25, 0.3) is 0 Å². The Balaban J connectivity index is 1.25. The monoisotopic (exact) mass is 371 g/mol. The van der Waals surface area contributed by atoms with Gasteiger partial charge in [-0.15, -0.1) is 0 Å². The molecule has 3 amide bonds. The van der Waals surface area contributed by atoms with Gasteiger partial charge in [-0.05, 0) is 37.1 Å². The van der Waals surface area contributed by atoms with Gasteiger partial charge < -0.3 is 15.5 Å². The Kier molecular flexibility index (Phi) is 5.59. The van der Waals surface area contributed by atoms with Crippen molar-refractivity contribution >= 4 is 11.9 Å². The molecule has 0 bridgehead atoms. The van der Waals surface area contributed by atoms with Gasteiger partial charge in [0.2, 0.25) is 5.91 Å². The highest BCUT2D eigenvalue weighted by atomic mass is 16.2. The van der Waals surface area contributed by atoms with Gasteiger partial charge in [0.1, 0.15) is 6.04 Å². The van der Waals surface area contributed by atoms with Crippen LogP contribution in [0.4, 0.5) is 4.79 Å². The van der Waals surface area contributed by atoms with Crippen molar-refractivity contribution in [3.63, 3.8) is 0 Å². The summed E-state index contributed by atoms with van der Waals surface area (Å²) in [4.78, 5) is 30.9. The van der Waals surface area contributed by atoms with Crippen molar-refractivity contribution in [3.05, 3.63) is 35.4 Å². The van der Waals surface area contributed by atoms with Crippen LogP contribution < -0.4 is 10.6 Å². The molecule has 0 aromatic heterocycles. The lowest BCUT2D eigenvalue weighted by molar-refractivity contribution is -0.131. The molecular weight excluding hydrogens is 342 g/mol. The van der Waals surface area contributed by atoms with Gasteiger partial charge in [0.05, 0.1) is 0 Å². The second-order valence-electron chi connectivity index (χ2n) is 7.75. The number of benzene rings is 1. The number of amides is 3. The summed E-state index contributed by atoms with van der Waals surface area (Å²) in [6, 6.07) is 8.21. The molecule has 3 aliphatic heterocycles. The van der Waals surface area contributed by atoms with E-state index >= 15 is 0 Å². The van der Waals surface area contributed by atoms with Gasteiger partial charge in [-0.1, -0.05) is 24.3 Å². The lowest BCUT2D eigenvalue weighted by atomic mass is 10.1. The minimum Gasteiger partial charge on any atom is -0.353 e. The fraction of sp³-hybridized carbons (Fsp3) is 0.600. The van der Waals surface area contributed by atoms with Gasteiger partial charge >= 0.3 is 6.03 Å². The molecule has 0 aliphatic carbocycles. The Morgan fingerprint density at radius 2 is 1.78 bits per heavy atom. The molecule has 3 saturated heterocycles. The Hall–Kier alpha value is -2.12. The summed E-state index contributed by atoms with van der Waals surface area (Å²) in [5.74, 6) is 0.0346. The molecule has 0 saturated carbocycles. The number of carbonyl (C=O) groups excluding carboxylic acids is 2. The van der Waals surface area contributed by atoms with Crippen LogP contribution in [0.15, 0.2) is 24.3 Å². The third-order valence-electron chi connectivity index (χ3n) is 5.85. The number of carbonyl (C=O) groups is 2. The maximum atomic E-state index is 12.5. The predicted molar refractivity (Wildman–Crippen MR) is 103 cm³/mol. The second kappa shape index (κ2) is 8.27. The summed E-state index contributed by atoms with van der Waals surface area (Å²) in [6.07, 6.45) is 2.61. The number of likely N-dealkylation sites (tertiary alicyclic amines) is 1. The van der Waals surface area contributed by atoms with Crippen molar-refractivity contribution in [1.29, 1.82) is 0 Å². The molecule has 3 fully saturated rings. The molecule has 3 aliphatic rings. The highest BCUT2D eigenvalue weighted by molar-refractivity contribution is 5.84. The van der Waals surface area contributed by atoms with Crippen LogP contribution in [-0.4, -0.2) is 78.5 Å². The predicted octanol–water partition coefficient (Wildman–Crippen LogP) is 0.608.